The van der Waals surface area contributed by atoms with Crippen LogP contribution in [0.4, 0.5) is 5.13 Å². The van der Waals surface area contributed by atoms with Crippen LogP contribution in [0.1, 0.15) is 16.1 Å². The van der Waals surface area contributed by atoms with E-state index in [4.69, 9.17) is 0 Å². The van der Waals surface area contributed by atoms with Crippen LogP contribution in [0, 0.1) is 6.92 Å². The Hall–Kier alpha value is -2.93. The summed E-state index contributed by atoms with van der Waals surface area (Å²) in [6, 6.07) is 13.0. The van der Waals surface area contributed by atoms with E-state index in [9.17, 15) is 9.59 Å². The minimum atomic E-state index is -0.348. The fraction of sp³-hybridized carbons (Fsp3) is 0.250. The molecule has 0 atom stereocenters. The van der Waals surface area contributed by atoms with Crippen LogP contribution < -0.4 is 10.5 Å². The number of aromatic nitrogens is 2. The number of hydrogen-bond acceptors (Lipinski definition) is 5. The zero-order valence-corrected chi connectivity index (χ0v) is 15.8. The number of thiazole rings is 1. The van der Waals surface area contributed by atoms with Crippen LogP contribution in [0.3, 0.4) is 0 Å². The van der Waals surface area contributed by atoms with Crippen molar-refractivity contribution in [3.63, 3.8) is 0 Å². The van der Waals surface area contributed by atoms with E-state index in [1.54, 1.807) is 28.4 Å². The number of aromatic amines is 1. The summed E-state index contributed by atoms with van der Waals surface area (Å²) in [5.74, 6) is -0.217. The van der Waals surface area contributed by atoms with Crippen molar-refractivity contribution in [3.8, 4) is 11.3 Å². The SMILES string of the molecule is Cc1csc(N2CCN(C(=O)c3ccc(-c4ccccc4)[nH]c3=O)CC2)n1. The monoisotopic (exact) mass is 380 g/mol. The number of pyridine rings is 1. The number of carbonyl (C=O) groups excluding carboxylic acids is 1. The Morgan fingerprint density at radius 1 is 1.07 bits per heavy atom. The second-order valence-electron chi connectivity index (χ2n) is 6.53. The largest absolute Gasteiger partial charge is 0.345 e. The lowest BCUT2D eigenvalue weighted by atomic mass is 10.1. The molecule has 0 aliphatic carbocycles. The maximum atomic E-state index is 12.8. The summed E-state index contributed by atoms with van der Waals surface area (Å²) in [5.41, 5.74) is 2.48. The molecule has 1 N–H and O–H groups in total. The van der Waals surface area contributed by atoms with E-state index in [0.717, 1.165) is 29.5 Å². The first-order valence-corrected chi connectivity index (χ1v) is 9.75. The molecule has 1 aliphatic rings. The second kappa shape index (κ2) is 7.36. The van der Waals surface area contributed by atoms with Gasteiger partial charge in [0.25, 0.3) is 11.5 Å². The number of nitrogens with one attached hydrogen (secondary N) is 1. The highest BCUT2D eigenvalue weighted by atomic mass is 32.1. The number of rotatable bonds is 3. The van der Waals surface area contributed by atoms with Crippen molar-refractivity contribution >= 4 is 22.4 Å². The van der Waals surface area contributed by atoms with Crippen LogP contribution in [-0.4, -0.2) is 47.0 Å². The van der Waals surface area contributed by atoms with E-state index in [2.05, 4.69) is 14.9 Å². The van der Waals surface area contributed by atoms with Gasteiger partial charge in [-0.3, -0.25) is 9.59 Å². The second-order valence-corrected chi connectivity index (χ2v) is 7.37. The number of H-pyrrole nitrogens is 1. The summed E-state index contributed by atoms with van der Waals surface area (Å²) >= 11 is 1.62. The van der Waals surface area contributed by atoms with Crippen molar-refractivity contribution in [1.29, 1.82) is 0 Å². The summed E-state index contributed by atoms with van der Waals surface area (Å²) in [4.78, 5) is 36.5. The van der Waals surface area contributed by atoms with Gasteiger partial charge in [-0.25, -0.2) is 4.98 Å². The van der Waals surface area contributed by atoms with E-state index in [0.29, 0.717) is 18.8 Å². The number of amides is 1. The lowest BCUT2D eigenvalue weighted by Gasteiger charge is -2.34. The molecule has 1 fully saturated rings. The molecule has 2 aromatic heterocycles. The maximum Gasteiger partial charge on any atom is 0.261 e. The van der Waals surface area contributed by atoms with Crippen molar-refractivity contribution in [2.45, 2.75) is 6.92 Å². The molecule has 1 saturated heterocycles. The summed E-state index contributed by atoms with van der Waals surface area (Å²) < 4.78 is 0. The molecule has 4 rings (SSSR count). The molecular formula is C20H20N4O2S. The summed E-state index contributed by atoms with van der Waals surface area (Å²) in [5, 5.41) is 3.02. The molecule has 0 unspecified atom stereocenters. The average molecular weight is 380 g/mol. The van der Waals surface area contributed by atoms with Gasteiger partial charge in [0.1, 0.15) is 5.56 Å². The Morgan fingerprint density at radius 3 is 2.44 bits per heavy atom. The molecule has 6 nitrogen and oxygen atoms in total. The lowest BCUT2D eigenvalue weighted by Crippen LogP contribution is -2.49. The van der Waals surface area contributed by atoms with Gasteiger partial charge >= 0.3 is 0 Å². The molecule has 3 aromatic rings. The molecule has 0 saturated carbocycles. The number of carbonyl (C=O) groups is 1. The van der Waals surface area contributed by atoms with Crippen molar-refractivity contribution in [2.24, 2.45) is 0 Å². The molecule has 7 heteroatoms. The lowest BCUT2D eigenvalue weighted by molar-refractivity contribution is 0.0745. The smallest absolute Gasteiger partial charge is 0.261 e. The zero-order chi connectivity index (χ0) is 18.8. The predicted octanol–water partition coefficient (Wildman–Crippen LogP) is 2.77. The third-order valence-electron chi connectivity index (χ3n) is 4.67. The molecule has 138 valence electrons. The number of piperazine rings is 1. The highest BCUT2D eigenvalue weighted by molar-refractivity contribution is 7.13. The van der Waals surface area contributed by atoms with Gasteiger partial charge in [-0.15, -0.1) is 11.3 Å². The Kier molecular flexibility index (Phi) is 4.77. The van der Waals surface area contributed by atoms with Crippen LogP contribution in [0.5, 0.6) is 0 Å². The van der Waals surface area contributed by atoms with Crippen LogP contribution in [0.15, 0.2) is 52.6 Å². The minimum Gasteiger partial charge on any atom is -0.345 e. The van der Waals surface area contributed by atoms with E-state index < -0.39 is 0 Å². The van der Waals surface area contributed by atoms with Gasteiger partial charge in [0.15, 0.2) is 5.13 Å². The normalized spacial score (nSPS) is 14.4. The molecule has 3 heterocycles. The number of aryl methyl sites for hydroxylation is 1. The van der Waals surface area contributed by atoms with Crippen LogP contribution in [0.2, 0.25) is 0 Å². The highest BCUT2D eigenvalue weighted by Gasteiger charge is 2.25. The van der Waals surface area contributed by atoms with Crippen molar-refractivity contribution in [3.05, 3.63) is 69.5 Å². The van der Waals surface area contributed by atoms with E-state index in [-0.39, 0.29) is 17.0 Å². The van der Waals surface area contributed by atoms with Gasteiger partial charge in [-0.1, -0.05) is 30.3 Å². The van der Waals surface area contributed by atoms with Gasteiger partial charge < -0.3 is 14.8 Å². The van der Waals surface area contributed by atoms with Gasteiger partial charge in [0, 0.05) is 37.3 Å². The minimum absolute atomic E-state index is 0.188. The van der Waals surface area contributed by atoms with E-state index in [1.165, 1.54) is 0 Å². The summed E-state index contributed by atoms with van der Waals surface area (Å²) in [6.45, 7) is 4.58. The Labute approximate surface area is 161 Å². The van der Waals surface area contributed by atoms with Crippen molar-refractivity contribution in [1.82, 2.24) is 14.9 Å². The first kappa shape index (κ1) is 17.5. The van der Waals surface area contributed by atoms with Crippen molar-refractivity contribution in [2.75, 3.05) is 31.1 Å². The Balaban J connectivity index is 1.46. The highest BCUT2D eigenvalue weighted by Crippen LogP contribution is 2.22. The fourth-order valence-electron chi connectivity index (χ4n) is 3.19. The standard InChI is InChI=1S/C20H20N4O2S/c1-14-13-27-20(21-14)24-11-9-23(10-12-24)19(26)16-7-8-17(22-18(16)25)15-5-3-2-4-6-15/h2-8,13H,9-12H2,1H3,(H,22,25). The summed E-state index contributed by atoms with van der Waals surface area (Å²) in [6.07, 6.45) is 0. The molecule has 0 bridgehead atoms. The van der Waals surface area contributed by atoms with E-state index in [1.807, 2.05) is 42.6 Å². The van der Waals surface area contributed by atoms with E-state index >= 15 is 0 Å². The summed E-state index contributed by atoms with van der Waals surface area (Å²) in [7, 11) is 0. The first-order valence-electron chi connectivity index (χ1n) is 8.87. The number of benzene rings is 1. The van der Waals surface area contributed by atoms with Crippen LogP contribution in [0.25, 0.3) is 11.3 Å². The molecule has 0 spiro atoms. The third-order valence-corrected chi connectivity index (χ3v) is 5.69. The topological polar surface area (TPSA) is 69.3 Å². The Morgan fingerprint density at radius 2 is 1.81 bits per heavy atom. The fourth-order valence-corrected chi connectivity index (χ4v) is 4.04. The first-order chi connectivity index (χ1) is 13.1. The number of nitrogens with zero attached hydrogens (tertiary/aromatic N) is 3. The van der Waals surface area contributed by atoms with Gasteiger partial charge in [-0.2, -0.15) is 0 Å². The average Bonchev–Trinajstić information content (AvgIpc) is 3.14. The maximum absolute atomic E-state index is 12.8. The van der Waals surface area contributed by atoms with Crippen LogP contribution >= 0.6 is 11.3 Å². The van der Waals surface area contributed by atoms with Gasteiger partial charge in [0.2, 0.25) is 0 Å². The quantitative estimate of drug-likeness (QED) is 0.759. The van der Waals surface area contributed by atoms with Gasteiger partial charge in [0.05, 0.1) is 5.69 Å². The van der Waals surface area contributed by atoms with Gasteiger partial charge in [-0.05, 0) is 24.6 Å². The molecule has 1 amide bonds. The number of hydrogen-bond donors (Lipinski definition) is 1. The van der Waals surface area contributed by atoms with Crippen LogP contribution in [-0.2, 0) is 0 Å². The molecule has 1 aromatic carbocycles. The van der Waals surface area contributed by atoms with Crippen molar-refractivity contribution < 1.29 is 4.79 Å². The molecule has 0 radical (unpaired) electrons. The molecule has 1 aliphatic heterocycles. The number of anilines is 1. The third kappa shape index (κ3) is 3.64. The zero-order valence-electron chi connectivity index (χ0n) is 15.0. The Bertz CT molecular complexity index is 1000. The predicted molar refractivity (Wildman–Crippen MR) is 107 cm³/mol. The molecule has 27 heavy (non-hydrogen) atoms. The molecular weight excluding hydrogens is 360 g/mol.